The highest BCUT2D eigenvalue weighted by atomic mass is 16.5. The Balaban J connectivity index is 1.41. The Kier molecular flexibility index (Phi) is 6.63. The molecule has 0 bridgehead atoms. The van der Waals surface area contributed by atoms with Gasteiger partial charge in [-0.2, -0.15) is 0 Å². The molecule has 2 atom stereocenters. The van der Waals surface area contributed by atoms with E-state index in [0.717, 1.165) is 57.5 Å². The lowest BCUT2D eigenvalue weighted by Gasteiger charge is -2.27. The molecule has 1 aromatic rings. The van der Waals surface area contributed by atoms with Gasteiger partial charge in [0.05, 0.1) is 18.8 Å². The summed E-state index contributed by atoms with van der Waals surface area (Å²) in [6.07, 6.45) is 4.96. The average molecular weight is 360 g/mol. The quantitative estimate of drug-likeness (QED) is 0.568. The summed E-state index contributed by atoms with van der Waals surface area (Å²) in [5.41, 5.74) is 1.68. The van der Waals surface area contributed by atoms with Crippen LogP contribution in [0.4, 0.5) is 0 Å². The Bertz CT molecular complexity index is 611. The fraction of sp³-hybridized carbons (Fsp3) is 0.600. The first-order valence-corrected chi connectivity index (χ1v) is 9.46. The van der Waals surface area contributed by atoms with E-state index in [1.807, 2.05) is 17.0 Å². The Labute approximate surface area is 154 Å². The Hall–Kier alpha value is -1.92. The van der Waals surface area contributed by atoms with Crippen LogP contribution < -0.4 is 5.32 Å². The van der Waals surface area contributed by atoms with Gasteiger partial charge in [-0.25, -0.2) is 4.79 Å². The third-order valence-corrected chi connectivity index (χ3v) is 5.24. The van der Waals surface area contributed by atoms with Crippen molar-refractivity contribution in [2.45, 2.75) is 50.8 Å². The summed E-state index contributed by atoms with van der Waals surface area (Å²) in [6, 6.07) is 7.74. The molecule has 142 valence electrons. The summed E-state index contributed by atoms with van der Waals surface area (Å²) in [5.74, 6) is -0.0503. The van der Waals surface area contributed by atoms with Crippen molar-refractivity contribution in [3.8, 4) is 0 Å². The average Bonchev–Trinajstić information content (AvgIpc) is 3.30. The second kappa shape index (κ2) is 9.14. The maximum absolute atomic E-state index is 12.2. The number of likely N-dealkylation sites (tertiary alicyclic amines) is 1. The summed E-state index contributed by atoms with van der Waals surface area (Å²) in [4.78, 5) is 25.6. The molecule has 0 aliphatic carbocycles. The maximum atomic E-state index is 12.2. The highest BCUT2D eigenvalue weighted by Gasteiger charge is 2.33. The highest BCUT2D eigenvalue weighted by Crippen LogP contribution is 2.24. The number of methoxy groups -OCH3 is 1. The van der Waals surface area contributed by atoms with Crippen LogP contribution in [0.3, 0.4) is 0 Å². The molecule has 2 aliphatic heterocycles. The zero-order valence-electron chi connectivity index (χ0n) is 15.4. The van der Waals surface area contributed by atoms with Crippen molar-refractivity contribution in [3.63, 3.8) is 0 Å². The summed E-state index contributed by atoms with van der Waals surface area (Å²) in [5, 5.41) is 3.43. The molecule has 2 fully saturated rings. The van der Waals surface area contributed by atoms with Crippen molar-refractivity contribution in [2.24, 2.45) is 0 Å². The molecule has 1 aromatic carbocycles. The zero-order chi connectivity index (χ0) is 18.4. The number of hydrogen-bond acceptors (Lipinski definition) is 5. The molecule has 2 saturated heterocycles. The van der Waals surface area contributed by atoms with Crippen LogP contribution in [0.15, 0.2) is 24.3 Å². The number of hydrogen-bond donors (Lipinski definition) is 1. The Morgan fingerprint density at radius 1 is 1.31 bits per heavy atom. The lowest BCUT2D eigenvalue weighted by Crippen LogP contribution is -2.40. The molecule has 2 aliphatic rings. The number of nitrogens with one attached hydrogen (secondary N) is 1. The minimum absolute atomic E-state index is 0.223. The maximum Gasteiger partial charge on any atom is 0.337 e. The molecular weight excluding hydrogens is 332 g/mol. The van der Waals surface area contributed by atoms with E-state index >= 15 is 0 Å². The Morgan fingerprint density at radius 2 is 2.12 bits per heavy atom. The molecule has 0 saturated carbocycles. The number of nitrogens with zero attached hydrogens (tertiary/aromatic N) is 1. The van der Waals surface area contributed by atoms with Crippen LogP contribution in [0.25, 0.3) is 0 Å². The van der Waals surface area contributed by atoms with Crippen LogP contribution in [0, 0.1) is 0 Å². The van der Waals surface area contributed by atoms with Crippen LogP contribution in [0.2, 0.25) is 0 Å². The third kappa shape index (κ3) is 4.83. The molecule has 0 spiro atoms. The van der Waals surface area contributed by atoms with Crippen LogP contribution in [0.1, 0.15) is 48.0 Å². The summed E-state index contributed by atoms with van der Waals surface area (Å²) < 4.78 is 10.4. The van der Waals surface area contributed by atoms with Gasteiger partial charge in [-0.05, 0) is 49.9 Å². The normalized spacial score (nSPS) is 22.8. The number of rotatable bonds is 8. The van der Waals surface area contributed by atoms with Crippen LogP contribution in [0.5, 0.6) is 0 Å². The van der Waals surface area contributed by atoms with Gasteiger partial charge >= 0.3 is 5.97 Å². The molecule has 1 amide bonds. The SMILES string of the molecule is COC(=O)c1ccc(CNCCC2CCC(=O)N2CC2CCCO2)cc1. The first-order valence-electron chi connectivity index (χ1n) is 9.46. The molecule has 3 rings (SSSR count). The van der Waals surface area contributed by atoms with E-state index in [1.165, 1.54) is 7.11 Å². The van der Waals surface area contributed by atoms with Crippen LogP contribution >= 0.6 is 0 Å². The van der Waals surface area contributed by atoms with E-state index in [4.69, 9.17) is 9.47 Å². The standard InChI is InChI=1S/C20H28N2O4/c1-25-20(24)16-6-4-15(5-7-16)13-21-11-10-17-8-9-19(23)22(17)14-18-3-2-12-26-18/h4-7,17-18,21H,2-3,8-14H2,1H3. The van der Waals surface area contributed by atoms with Gasteiger partial charge in [-0.15, -0.1) is 0 Å². The predicted octanol–water partition coefficient (Wildman–Crippen LogP) is 2.12. The van der Waals surface area contributed by atoms with Gasteiger partial charge in [0.1, 0.15) is 0 Å². The monoisotopic (exact) mass is 360 g/mol. The topological polar surface area (TPSA) is 67.9 Å². The van der Waals surface area contributed by atoms with Crippen molar-refractivity contribution in [3.05, 3.63) is 35.4 Å². The minimum Gasteiger partial charge on any atom is -0.465 e. The molecule has 6 nitrogen and oxygen atoms in total. The van der Waals surface area contributed by atoms with Crippen molar-refractivity contribution in [1.82, 2.24) is 10.2 Å². The van der Waals surface area contributed by atoms with Crippen molar-refractivity contribution >= 4 is 11.9 Å². The summed E-state index contributed by atoms with van der Waals surface area (Å²) in [6.45, 7) is 3.18. The van der Waals surface area contributed by atoms with Gasteiger partial charge < -0.3 is 19.7 Å². The fourth-order valence-electron chi connectivity index (χ4n) is 3.73. The largest absolute Gasteiger partial charge is 0.465 e. The van der Waals surface area contributed by atoms with Crippen molar-refractivity contribution in [2.75, 3.05) is 26.8 Å². The summed E-state index contributed by atoms with van der Waals surface area (Å²) in [7, 11) is 1.38. The number of amides is 1. The van der Waals surface area contributed by atoms with E-state index in [1.54, 1.807) is 12.1 Å². The third-order valence-electron chi connectivity index (χ3n) is 5.24. The predicted molar refractivity (Wildman–Crippen MR) is 97.8 cm³/mol. The van der Waals surface area contributed by atoms with Gasteiger partial charge in [0.2, 0.25) is 5.91 Å². The first kappa shape index (κ1) is 18.9. The first-order chi connectivity index (χ1) is 12.7. The van der Waals surface area contributed by atoms with Crippen molar-refractivity contribution < 1.29 is 19.1 Å². The van der Waals surface area contributed by atoms with E-state index < -0.39 is 0 Å². The molecular formula is C20H28N2O4. The van der Waals surface area contributed by atoms with E-state index in [9.17, 15) is 9.59 Å². The lowest BCUT2D eigenvalue weighted by atomic mass is 10.1. The van der Waals surface area contributed by atoms with E-state index in [2.05, 4.69) is 5.32 Å². The molecule has 2 unspecified atom stereocenters. The van der Waals surface area contributed by atoms with Gasteiger partial charge in [0.15, 0.2) is 0 Å². The second-order valence-electron chi connectivity index (χ2n) is 7.03. The van der Waals surface area contributed by atoms with Crippen LogP contribution in [-0.4, -0.2) is 55.7 Å². The summed E-state index contributed by atoms with van der Waals surface area (Å²) >= 11 is 0. The van der Waals surface area contributed by atoms with Gasteiger partial charge in [-0.3, -0.25) is 4.79 Å². The zero-order valence-corrected chi connectivity index (χ0v) is 15.4. The van der Waals surface area contributed by atoms with E-state index in [0.29, 0.717) is 18.0 Å². The van der Waals surface area contributed by atoms with Crippen LogP contribution in [-0.2, 0) is 20.8 Å². The minimum atomic E-state index is -0.318. The Morgan fingerprint density at radius 3 is 2.81 bits per heavy atom. The van der Waals surface area contributed by atoms with Crippen molar-refractivity contribution in [1.29, 1.82) is 0 Å². The molecule has 1 N–H and O–H groups in total. The number of ether oxygens (including phenoxy) is 2. The van der Waals surface area contributed by atoms with Gasteiger partial charge in [0.25, 0.3) is 0 Å². The number of carbonyl (C=O) groups excluding carboxylic acids is 2. The number of carbonyl (C=O) groups is 2. The van der Waals surface area contributed by atoms with Gasteiger partial charge in [-0.1, -0.05) is 12.1 Å². The van der Waals surface area contributed by atoms with Gasteiger partial charge in [0, 0.05) is 32.2 Å². The van der Waals surface area contributed by atoms with E-state index in [-0.39, 0.29) is 18.0 Å². The number of benzene rings is 1. The molecule has 6 heteroatoms. The number of esters is 1. The lowest BCUT2D eigenvalue weighted by molar-refractivity contribution is -0.130. The molecule has 2 heterocycles. The molecule has 26 heavy (non-hydrogen) atoms. The molecule has 0 radical (unpaired) electrons. The molecule has 0 aromatic heterocycles. The highest BCUT2D eigenvalue weighted by molar-refractivity contribution is 5.89. The second-order valence-corrected chi connectivity index (χ2v) is 7.03. The smallest absolute Gasteiger partial charge is 0.337 e. The fourth-order valence-corrected chi connectivity index (χ4v) is 3.73.